The monoisotopic (exact) mass is 410 g/mol. The predicted molar refractivity (Wildman–Crippen MR) is 96.0 cm³/mol. The number of benzene rings is 2. The Balaban J connectivity index is 1.56. The largest absolute Gasteiger partial charge is 0.477 e. The van der Waals surface area contributed by atoms with Crippen molar-refractivity contribution >= 4 is 29.2 Å². The Morgan fingerprint density at radius 2 is 1.96 bits per heavy atom. The van der Waals surface area contributed by atoms with Gasteiger partial charge in [0.1, 0.15) is 11.6 Å². The fraction of sp³-hybridized carbons (Fsp3) is 0.167. The van der Waals surface area contributed by atoms with Gasteiger partial charge in [-0.25, -0.2) is 9.18 Å². The van der Waals surface area contributed by atoms with Gasteiger partial charge in [-0.15, -0.1) is 0 Å². The van der Waals surface area contributed by atoms with Crippen LogP contribution in [0.2, 0.25) is 10.0 Å². The molecule has 9 heteroatoms. The highest BCUT2D eigenvalue weighted by Crippen LogP contribution is 2.28. The maximum atomic E-state index is 12.9. The third-order valence-corrected chi connectivity index (χ3v) is 3.97. The van der Waals surface area contributed by atoms with Crippen LogP contribution in [0.3, 0.4) is 0 Å². The molecule has 6 nitrogen and oxygen atoms in total. The first-order chi connectivity index (χ1) is 12.9. The van der Waals surface area contributed by atoms with E-state index in [2.05, 4.69) is 10.1 Å². The van der Waals surface area contributed by atoms with Gasteiger partial charge in [0.05, 0.1) is 5.02 Å². The highest BCUT2D eigenvalue weighted by Gasteiger charge is 2.19. The molecule has 0 unspecified atom stereocenters. The zero-order valence-corrected chi connectivity index (χ0v) is 15.5. The van der Waals surface area contributed by atoms with E-state index in [1.807, 2.05) is 0 Å². The summed E-state index contributed by atoms with van der Waals surface area (Å²) >= 11 is 11.8. The second-order valence-corrected chi connectivity index (χ2v) is 6.30. The van der Waals surface area contributed by atoms with Crippen molar-refractivity contribution in [2.75, 3.05) is 0 Å². The molecule has 0 aliphatic rings. The first-order valence-corrected chi connectivity index (χ1v) is 8.55. The molecule has 1 aromatic heterocycles. The van der Waals surface area contributed by atoms with E-state index in [0.29, 0.717) is 16.3 Å². The summed E-state index contributed by atoms with van der Waals surface area (Å²) < 4.78 is 28.5. The summed E-state index contributed by atoms with van der Waals surface area (Å²) in [6.07, 6.45) is -0.914. The fourth-order valence-corrected chi connectivity index (χ4v) is 2.54. The molecule has 1 atom stereocenters. The smallest absolute Gasteiger partial charge is 0.347 e. The van der Waals surface area contributed by atoms with Crippen LogP contribution < -0.4 is 4.74 Å². The molecule has 0 aliphatic carbocycles. The molecule has 0 radical (unpaired) electrons. The molecule has 3 aromatic rings. The zero-order chi connectivity index (χ0) is 19.4. The van der Waals surface area contributed by atoms with Gasteiger partial charge in [0.15, 0.2) is 12.7 Å². The minimum Gasteiger partial charge on any atom is -0.477 e. The molecular weight excluding hydrogens is 398 g/mol. The topological polar surface area (TPSA) is 74.5 Å². The molecule has 0 bridgehead atoms. The van der Waals surface area contributed by atoms with Gasteiger partial charge in [-0.3, -0.25) is 0 Å². The molecule has 1 heterocycles. The molecule has 2 aromatic carbocycles. The molecule has 0 fully saturated rings. The van der Waals surface area contributed by atoms with Gasteiger partial charge in [0, 0.05) is 10.6 Å². The SMILES string of the molecule is C[C@H](Oc1ccc(Cl)cc1Cl)C(=O)OCc1nc(-c2ccc(F)cc2)no1. The van der Waals surface area contributed by atoms with Gasteiger partial charge >= 0.3 is 5.97 Å². The van der Waals surface area contributed by atoms with Crippen LogP contribution in [-0.2, 0) is 16.1 Å². The first-order valence-electron chi connectivity index (χ1n) is 7.79. The van der Waals surface area contributed by atoms with Crippen LogP contribution in [0.25, 0.3) is 11.4 Å². The highest BCUT2D eigenvalue weighted by molar-refractivity contribution is 6.35. The first kappa shape index (κ1) is 19.1. The van der Waals surface area contributed by atoms with E-state index in [1.54, 1.807) is 12.1 Å². The quantitative estimate of drug-likeness (QED) is 0.548. The second kappa shape index (κ2) is 8.37. The van der Waals surface area contributed by atoms with Gasteiger partial charge in [0.25, 0.3) is 5.89 Å². The van der Waals surface area contributed by atoms with Crippen LogP contribution in [0.4, 0.5) is 4.39 Å². The van der Waals surface area contributed by atoms with Crippen LogP contribution in [0.15, 0.2) is 47.0 Å². The summed E-state index contributed by atoms with van der Waals surface area (Å²) in [5.74, 6) is -0.340. The standard InChI is InChI=1S/C18H13Cl2FN2O4/c1-10(26-15-7-4-12(19)8-14(15)20)18(24)25-9-16-22-17(23-27-16)11-2-5-13(21)6-3-11/h2-8,10H,9H2,1H3/t10-/m0/s1. The van der Waals surface area contributed by atoms with Gasteiger partial charge in [-0.2, -0.15) is 4.98 Å². The van der Waals surface area contributed by atoms with Gasteiger partial charge in [0.2, 0.25) is 5.82 Å². The summed E-state index contributed by atoms with van der Waals surface area (Å²) in [6, 6.07) is 10.3. The van der Waals surface area contributed by atoms with E-state index >= 15 is 0 Å². The Kier molecular flexibility index (Phi) is 5.93. The summed E-state index contributed by atoms with van der Waals surface area (Å²) in [5.41, 5.74) is 0.576. The number of hydrogen-bond donors (Lipinski definition) is 0. The van der Waals surface area contributed by atoms with E-state index in [9.17, 15) is 9.18 Å². The van der Waals surface area contributed by atoms with E-state index in [-0.39, 0.29) is 29.2 Å². The average Bonchev–Trinajstić information content (AvgIpc) is 3.11. The molecule has 0 N–H and O–H groups in total. The molecule has 3 rings (SSSR count). The van der Waals surface area contributed by atoms with Crippen molar-refractivity contribution in [1.29, 1.82) is 0 Å². The number of carbonyl (C=O) groups excluding carboxylic acids is 1. The molecule has 0 saturated heterocycles. The lowest BCUT2D eigenvalue weighted by Gasteiger charge is -2.14. The van der Waals surface area contributed by atoms with Crippen LogP contribution in [0, 0.1) is 5.82 Å². The van der Waals surface area contributed by atoms with Gasteiger partial charge in [-0.05, 0) is 49.4 Å². The minimum atomic E-state index is -0.914. The van der Waals surface area contributed by atoms with E-state index in [1.165, 1.54) is 37.3 Å². The summed E-state index contributed by atoms with van der Waals surface area (Å²) in [6.45, 7) is 1.29. The normalized spacial score (nSPS) is 11.9. The molecule has 0 spiro atoms. The Bertz CT molecular complexity index is 947. The van der Waals surface area contributed by atoms with Gasteiger partial charge < -0.3 is 14.0 Å². The molecule has 0 saturated carbocycles. The number of esters is 1. The lowest BCUT2D eigenvalue weighted by molar-refractivity contribution is -0.153. The maximum Gasteiger partial charge on any atom is 0.347 e. The van der Waals surface area contributed by atoms with Crippen LogP contribution >= 0.6 is 23.2 Å². The molecule has 27 heavy (non-hydrogen) atoms. The third kappa shape index (κ3) is 4.96. The Morgan fingerprint density at radius 3 is 2.67 bits per heavy atom. The fourth-order valence-electron chi connectivity index (χ4n) is 2.09. The Labute approximate surface area is 163 Å². The Morgan fingerprint density at radius 1 is 1.22 bits per heavy atom. The maximum absolute atomic E-state index is 12.9. The van der Waals surface area contributed by atoms with Crippen LogP contribution in [0.1, 0.15) is 12.8 Å². The number of nitrogens with zero attached hydrogens (tertiary/aromatic N) is 2. The van der Waals surface area contributed by atoms with Crippen LogP contribution in [0.5, 0.6) is 5.75 Å². The van der Waals surface area contributed by atoms with Crippen molar-refractivity contribution in [3.63, 3.8) is 0 Å². The van der Waals surface area contributed by atoms with Crippen LogP contribution in [-0.4, -0.2) is 22.2 Å². The van der Waals surface area contributed by atoms with E-state index in [0.717, 1.165) is 0 Å². The van der Waals surface area contributed by atoms with Crippen molar-refractivity contribution < 1.29 is 23.2 Å². The average molecular weight is 411 g/mol. The highest BCUT2D eigenvalue weighted by atomic mass is 35.5. The molecular formula is C18H13Cl2FN2O4. The van der Waals surface area contributed by atoms with E-state index < -0.39 is 12.1 Å². The van der Waals surface area contributed by atoms with Crippen molar-refractivity contribution in [1.82, 2.24) is 10.1 Å². The zero-order valence-electron chi connectivity index (χ0n) is 14.0. The van der Waals surface area contributed by atoms with Crippen molar-refractivity contribution in [2.45, 2.75) is 19.6 Å². The van der Waals surface area contributed by atoms with Crippen molar-refractivity contribution in [2.24, 2.45) is 0 Å². The lowest BCUT2D eigenvalue weighted by atomic mass is 10.2. The number of aromatic nitrogens is 2. The predicted octanol–water partition coefficient (Wildman–Crippen LogP) is 4.69. The number of rotatable bonds is 6. The number of carbonyl (C=O) groups is 1. The summed E-state index contributed by atoms with van der Waals surface area (Å²) in [5, 5.41) is 4.50. The second-order valence-electron chi connectivity index (χ2n) is 5.46. The Hall–Kier alpha value is -2.64. The summed E-state index contributed by atoms with van der Waals surface area (Å²) in [4.78, 5) is 16.2. The number of halogens is 3. The molecule has 0 amide bonds. The van der Waals surface area contributed by atoms with Crippen molar-refractivity contribution in [3.8, 4) is 17.1 Å². The van der Waals surface area contributed by atoms with Crippen molar-refractivity contribution in [3.05, 3.63) is 64.2 Å². The minimum absolute atomic E-state index is 0.0967. The number of hydrogen-bond acceptors (Lipinski definition) is 6. The number of ether oxygens (including phenoxy) is 2. The van der Waals surface area contributed by atoms with E-state index in [4.69, 9.17) is 37.2 Å². The molecule has 140 valence electrons. The summed E-state index contributed by atoms with van der Waals surface area (Å²) in [7, 11) is 0. The van der Waals surface area contributed by atoms with Gasteiger partial charge in [-0.1, -0.05) is 28.4 Å². The molecule has 0 aliphatic heterocycles. The lowest BCUT2D eigenvalue weighted by Crippen LogP contribution is -2.26. The third-order valence-electron chi connectivity index (χ3n) is 3.44.